The molecule has 3 aliphatic carbocycles. The third-order valence-electron chi connectivity index (χ3n) is 7.72. The summed E-state index contributed by atoms with van der Waals surface area (Å²) in [5, 5.41) is 31.9. The second kappa shape index (κ2) is 6.13. The number of fused-ring (bicyclic) bond motifs is 5. The summed E-state index contributed by atoms with van der Waals surface area (Å²) in [5.41, 5.74) is 0.125. The van der Waals surface area contributed by atoms with Crippen molar-refractivity contribution in [3.8, 4) is 23.8 Å². The summed E-state index contributed by atoms with van der Waals surface area (Å²) in [6, 6.07) is 3.72. The molecule has 2 saturated carbocycles. The molecule has 0 unspecified atom stereocenters. The highest BCUT2D eigenvalue weighted by Gasteiger charge is 2.67. The van der Waals surface area contributed by atoms with Gasteiger partial charge in [0.25, 0.3) is 0 Å². The number of rotatable bonds is 2. The Bertz CT molecular complexity index is 799. The zero-order chi connectivity index (χ0) is 19.6. The minimum atomic E-state index is -1.54. The maximum absolute atomic E-state index is 11.1. The van der Waals surface area contributed by atoms with Crippen molar-refractivity contribution in [3.05, 3.63) is 23.3 Å². The summed E-state index contributed by atoms with van der Waals surface area (Å²) in [6.45, 7) is 2.00. The van der Waals surface area contributed by atoms with Crippen molar-refractivity contribution in [2.45, 2.75) is 56.3 Å². The van der Waals surface area contributed by atoms with Crippen molar-refractivity contribution in [1.29, 1.82) is 0 Å². The van der Waals surface area contributed by atoms with E-state index in [9.17, 15) is 15.3 Å². The molecule has 0 radical (unpaired) electrons. The number of terminal acetylenes is 1. The van der Waals surface area contributed by atoms with Crippen LogP contribution in [0, 0.1) is 29.6 Å². The SMILES string of the molecule is C#C[C@]1(O)[C@@H](O)C[C@H]2[C@@H]3CCc4cc(O)c(OC)cc4[C@H]3[C@@H](OC)C[C@@]21C. The summed E-state index contributed by atoms with van der Waals surface area (Å²) >= 11 is 0. The average Bonchev–Trinajstić information content (AvgIpc) is 2.87. The lowest BCUT2D eigenvalue weighted by Gasteiger charge is -2.54. The molecule has 0 spiro atoms. The third kappa shape index (κ3) is 2.30. The predicted octanol–water partition coefficient (Wildman–Crippen LogP) is 2.22. The van der Waals surface area contributed by atoms with Gasteiger partial charge in [-0.25, -0.2) is 0 Å². The van der Waals surface area contributed by atoms with E-state index in [1.165, 1.54) is 0 Å². The van der Waals surface area contributed by atoms with Gasteiger partial charge in [0.15, 0.2) is 17.1 Å². The van der Waals surface area contributed by atoms with E-state index in [-0.39, 0.29) is 29.6 Å². The Morgan fingerprint density at radius 3 is 2.67 bits per heavy atom. The molecule has 0 aliphatic heterocycles. The van der Waals surface area contributed by atoms with Crippen molar-refractivity contribution in [1.82, 2.24) is 0 Å². The second-order valence-corrected chi connectivity index (χ2v) is 8.62. The number of methoxy groups -OCH3 is 2. The Labute approximate surface area is 160 Å². The van der Waals surface area contributed by atoms with Crippen LogP contribution < -0.4 is 4.74 Å². The maximum atomic E-state index is 11.1. The summed E-state index contributed by atoms with van der Waals surface area (Å²) in [5.74, 6) is 3.60. The molecule has 0 aromatic heterocycles. The highest BCUT2D eigenvalue weighted by molar-refractivity contribution is 5.50. The zero-order valence-corrected chi connectivity index (χ0v) is 16.1. The van der Waals surface area contributed by atoms with Crippen LogP contribution in [-0.2, 0) is 11.2 Å². The molecule has 27 heavy (non-hydrogen) atoms. The molecular formula is C22H28O5. The number of aromatic hydroxyl groups is 1. The topological polar surface area (TPSA) is 79.2 Å². The first-order valence-corrected chi connectivity index (χ1v) is 9.61. The lowest BCUT2D eigenvalue weighted by molar-refractivity contribution is -0.134. The molecular weight excluding hydrogens is 344 g/mol. The van der Waals surface area contributed by atoms with Crippen molar-refractivity contribution < 1.29 is 24.8 Å². The Kier molecular flexibility index (Phi) is 4.23. The van der Waals surface area contributed by atoms with Crippen LogP contribution in [0.5, 0.6) is 11.5 Å². The van der Waals surface area contributed by atoms with Crippen LogP contribution in [0.1, 0.15) is 43.2 Å². The van der Waals surface area contributed by atoms with Crippen LogP contribution >= 0.6 is 0 Å². The van der Waals surface area contributed by atoms with Gasteiger partial charge in [-0.3, -0.25) is 0 Å². The van der Waals surface area contributed by atoms with Crippen molar-refractivity contribution in [2.24, 2.45) is 17.3 Å². The van der Waals surface area contributed by atoms with Gasteiger partial charge in [-0.2, -0.15) is 0 Å². The Balaban J connectivity index is 1.83. The standard InChI is InChI=1S/C22H28O5/c1-5-22(25)19(24)10-15-13-7-6-12-8-16(23)17(26-3)9-14(12)20(13)18(27-4)11-21(15,22)2/h1,8-9,13,15,18-20,23-25H,6-7,10-11H2,2-4H3/t13-,15-,18-,19-,20-,21-,22-/m0/s1. The molecule has 7 atom stereocenters. The van der Waals surface area contributed by atoms with Gasteiger partial charge < -0.3 is 24.8 Å². The molecule has 5 nitrogen and oxygen atoms in total. The van der Waals surface area contributed by atoms with Crippen LogP contribution in [0.15, 0.2) is 12.1 Å². The van der Waals surface area contributed by atoms with Crippen LogP contribution in [0.4, 0.5) is 0 Å². The summed E-state index contributed by atoms with van der Waals surface area (Å²) in [7, 11) is 3.24. The molecule has 146 valence electrons. The van der Waals surface area contributed by atoms with E-state index in [4.69, 9.17) is 15.9 Å². The van der Waals surface area contributed by atoms with Crippen molar-refractivity contribution in [2.75, 3.05) is 14.2 Å². The van der Waals surface area contributed by atoms with Gasteiger partial charge >= 0.3 is 0 Å². The molecule has 0 bridgehead atoms. The van der Waals surface area contributed by atoms with E-state index in [1.807, 2.05) is 13.0 Å². The number of benzene rings is 1. The first-order valence-electron chi connectivity index (χ1n) is 9.61. The van der Waals surface area contributed by atoms with E-state index in [2.05, 4.69) is 5.92 Å². The maximum Gasteiger partial charge on any atom is 0.160 e. The predicted molar refractivity (Wildman–Crippen MR) is 101 cm³/mol. The number of aliphatic hydroxyl groups is 2. The minimum Gasteiger partial charge on any atom is -0.504 e. The summed E-state index contributed by atoms with van der Waals surface area (Å²) < 4.78 is 11.2. The third-order valence-corrected chi connectivity index (χ3v) is 7.72. The number of ether oxygens (including phenoxy) is 2. The van der Waals surface area contributed by atoms with Crippen LogP contribution in [0.25, 0.3) is 0 Å². The number of aryl methyl sites for hydroxylation is 1. The number of phenols is 1. The average molecular weight is 372 g/mol. The Morgan fingerprint density at radius 2 is 2.04 bits per heavy atom. The van der Waals surface area contributed by atoms with Gasteiger partial charge in [0.2, 0.25) is 0 Å². The molecule has 3 N–H and O–H groups in total. The quantitative estimate of drug-likeness (QED) is 0.694. The number of hydrogen-bond donors (Lipinski definition) is 3. The minimum absolute atomic E-state index is 0.109. The summed E-state index contributed by atoms with van der Waals surface area (Å²) in [6.07, 6.45) is 7.46. The molecule has 1 aromatic carbocycles. The zero-order valence-electron chi connectivity index (χ0n) is 16.1. The largest absolute Gasteiger partial charge is 0.504 e. The lowest BCUT2D eigenvalue weighted by Crippen LogP contribution is -2.56. The fourth-order valence-corrected chi connectivity index (χ4v) is 6.30. The van der Waals surface area contributed by atoms with Gasteiger partial charge in [0, 0.05) is 18.4 Å². The van der Waals surface area contributed by atoms with Gasteiger partial charge in [0.1, 0.15) is 0 Å². The summed E-state index contributed by atoms with van der Waals surface area (Å²) in [4.78, 5) is 0. The molecule has 3 aliphatic rings. The molecule has 2 fully saturated rings. The van der Waals surface area contributed by atoms with Gasteiger partial charge in [-0.15, -0.1) is 6.42 Å². The highest BCUT2D eigenvalue weighted by atomic mass is 16.5. The molecule has 0 heterocycles. The fourth-order valence-electron chi connectivity index (χ4n) is 6.30. The fraction of sp³-hybridized carbons (Fsp3) is 0.636. The second-order valence-electron chi connectivity index (χ2n) is 8.62. The van der Waals surface area contributed by atoms with Crippen molar-refractivity contribution in [3.63, 3.8) is 0 Å². The molecule has 1 aromatic rings. The first kappa shape index (κ1) is 18.6. The van der Waals surface area contributed by atoms with E-state index < -0.39 is 17.1 Å². The van der Waals surface area contributed by atoms with Gasteiger partial charge in [-0.05, 0) is 60.8 Å². The van der Waals surface area contributed by atoms with Crippen LogP contribution in [0.3, 0.4) is 0 Å². The van der Waals surface area contributed by atoms with Crippen LogP contribution in [0.2, 0.25) is 0 Å². The normalized spacial score (nSPS) is 42.6. The lowest BCUT2D eigenvalue weighted by atomic mass is 9.52. The van der Waals surface area contributed by atoms with Gasteiger partial charge in [-0.1, -0.05) is 12.8 Å². The number of aliphatic hydroxyl groups excluding tert-OH is 1. The van der Waals surface area contributed by atoms with Crippen LogP contribution in [-0.4, -0.2) is 47.3 Å². The van der Waals surface area contributed by atoms with E-state index in [0.29, 0.717) is 18.6 Å². The van der Waals surface area contributed by atoms with Gasteiger partial charge in [0.05, 0.1) is 19.3 Å². The van der Waals surface area contributed by atoms with E-state index >= 15 is 0 Å². The molecule has 0 saturated heterocycles. The molecule has 4 rings (SSSR count). The highest BCUT2D eigenvalue weighted by Crippen LogP contribution is 2.64. The Hall–Kier alpha value is -1.74. The smallest absolute Gasteiger partial charge is 0.160 e. The first-order chi connectivity index (χ1) is 12.8. The van der Waals surface area contributed by atoms with E-state index in [0.717, 1.165) is 24.0 Å². The molecule has 5 heteroatoms. The monoisotopic (exact) mass is 372 g/mol. The Morgan fingerprint density at radius 1 is 1.30 bits per heavy atom. The van der Waals surface area contributed by atoms with Crippen molar-refractivity contribution >= 4 is 0 Å². The number of hydrogen-bond acceptors (Lipinski definition) is 5. The van der Waals surface area contributed by atoms with E-state index in [1.54, 1.807) is 20.3 Å². The molecule has 0 amide bonds. The number of phenolic OH excluding ortho intramolecular Hbond substituents is 1.